The summed E-state index contributed by atoms with van der Waals surface area (Å²) in [6.45, 7) is 3.74. The van der Waals surface area contributed by atoms with Gasteiger partial charge in [0.25, 0.3) is 15.9 Å². The number of carbonyl (C=O) groups excluding carboxylic acids is 1. The van der Waals surface area contributed by atoms with Gasteiger partial charge in [-0.25, -0.2) is 8.42 Å². The van der Waals surface area contributed by atoms with E-state index in [9.17, 15) is 13.2 Å². The number of carbonyl (C=O) groups is 1. The van der Waals surface area contributed by atoms with E-state index in [0.29, 0.717) is 35.8 Å². The molecule has 2 heterocycles. The van der Waals surface area contributed by atoms with Crippen molar-refractivity contribution in [2.24, 2.45) is 0 Å². The first-order valence-corrected chi connectivity index (χ1v) is 10.8. The van der Waals surface area contributed by atoms with Crippen LogP contribution in [0.2, 0.25) is 0 Å². The van der Waals surface area contributed by atoms with Crippen LogP contribution in [0, 0.1) is 13.8 Å². The van der Waals surface area contributed by atoms with E-state index in [1.807, 2.05) is 18.2 Å². The Balaban J connectivity index is 1.72. The molecule has 1 amide bonds. The third kappa shape index (κ3) is 3.30. The molecule has 0 spiro atoms. The number of nitrogens with zero attached hydrogens (tertiary/aromatic N) is 2. The van der Waals surface area contributed by atoms with Crippen LogP contribution in [0.4, 0.5) is 11.4 Å². The number of methoxy groups -OCH3 is 1. The van der Waals surface area contributed by atoms with Crippen molar-refractivity contribution in [1.82, 2.24) is 5.16 Å². The van der Waals surface area contributed by atoms with Crippen LogP contribution in [0.3, 0.4) is 0 Å². The molecule has 0 fully saturated rings. The zero-order chi connectivity index (χ0) is 21.5. The Morgan fingerprint density at radius 1 is 1.20 bits per heavy atom. The monoisotopic (exact) mass is 427 g/mol. The van der Waals surface area contributed by atoms with Crippen molar-refractivity contribution in [3.63, 3.8) is 0 Å². The van der Waals surface area contributed by atoms with Crippen LogP contribution < -0.4 is 14.4 Å². The van der Waals surface area contributed by atoms with Crippen LogP contribution in [-0.2, 0) is 16.4 Å². The first-order valence-electron chi connectivity index (χ1n) is 9.36. The van der Waals surface area contributed by atoms with Gasteiger partial charge in [-0.1, -0.05) is 23.4 Å². The van der Waals surface area contributed by atoms with E-state index in [1.165, 1.54) is 29.6 Å². The fourth-order valence-corrected chi connectivity index (χ4v) is 5.08. The number of nitrogens with one attached hydrogen (secondary N) is 1. The first-order chi connectivity index (χ1) is 14.3. The van der Waals surface area contributed by atoms with E-state index in [1.54, 1.807) is 19.9 Å². The third-order valence-electron chi connectivity index (χ3n) is 5.12. The quantitative estimate of drug-likeness (QED) is 0.670. The molecular weight excluding hydrogens is 406 g/mol. The molecular formula is C21H21N3O5S. The predicted octanol–water partition coefficient (Wildman–Crippen LogP) is 3.30. The molecule has 1 N–H and O–H groups in total. The highest BCUT2D eigenvalue weighted by Crippen LogP contribution is 2.34. The number of amides is 1. The number of benzene rings is 2. The molecule has 2 aromatic carbocycles. The molecule has 1 aliphatic rings. The van der Waals surface area contributed by atoms with Crippen LogP contribution in [0.1, 0.15) is 27.4 Å². The van der Waals surface area contributed by atoms with Gasteiger partial charge in [-0.3, -0.25) is 9.10 Å². The van der Waals surface area contributed by atoms with Gasteiger partial charge in [-0.05, 0) is 50.1 Å². The molecule has 3 aromatic rings. The van der Waals surface area contributed by atoms with Gasteiger partial charge in [-0.15, -0.1) is 0 Å². The Morgan fingerprint density at radius 2 is 1.97 bits per heavy atom. The molecule has 156 valence electrons. The molecule has 4 rings (SSSR count). The van der Waals surface area contributed by atoms with Crippen molar-refractivity contribution in [3.05, 3.63) is 65.0 Å². The van der Waals surface area contributed by atoms with Crippen molar-refractivity contribution in [3.8, 4) is 5.75 Å². The van der Waals surface area contributed by atoms with Gasteiger partial charge >= 0.3 is 0 Å². The van der Waals surface area contributed by atoms with Crippen molar-refractivity contribution in [2.75, 3.05) is 23.3 Å². The number of aromatic nitrogens is 1. The van der Waals surface area contributed by atoms with Crippen LogP contribution >= 0.6 is 0 Å². The highest BCUT2D eigenvalue weighted by molar-refractivity contribution is 7.92. The maximum atomic E-state index is 13.3. The van der Waals surface area contributed by atoms with E-state index in [0.717, 1.165) is 5.56 Å². The number of sulfonamides is 1. The minimum atomic E-state index is -3.84. The predicted molar refractivity (Wildman–Crippen MR) is 112 cm³/mol. The zero-order valence-electron chi connectivity index (χ0n) is 16.8. The minimum Gasteiger partial charge on any atom is -0.496 e. The number of hydrogen-bond donors (Lipinski definition) is 1. The Kier molecular flexibility index (Phi) is 4.98. The molecule has 0 saturated heterocycles. The normalized spacial score (nSPS) is 13.2. The van der Waals surface area contributed by atoms with E-state index < -0.39 is 15.9 Å². The van der Waals surface area contributed by atoms with E-state index in [-0.39, 0.29) is 16.2 Å². The summed E-state index contributed by atoms with van der Waals surface area (Å²) >= 11 is 0. The maximum absolute atomic E-state index is 13.3. The van der Waals surface area contributed by atoms with Gasteiger partial charge in [0, 0.05) is 6.54 Å². The smallest absolute Gasteiger partial charge is 0.264 e. The molecule has 1 aliphatic heterocycles. The Morgan fingerprint density at radius 3 is 2.67 bits per heavy atom. The van der Waals surface area contributed by atoms with E-state index in [4.69, 9.17) is 9.26 Å². The van der Waals surface area contributed by atoms with Crippen molar-refractivity contribution >= 4 is 27.3 Å². The largest absolute Gasteiger partial charge is 0.496 e. The van der Waals surface area contributed by atoms with Gasteiger partial charge in [0.05, 0.1) is 23.3 Å². The summed E-state index contributed by atoms with van der Waals surface area (Å²) in [5, 5.41) is 6.54. The van der Waals surface area contributed by atoms with Crippen molar-refractivity contribution in [1.29, 1.82) is 0 Å². The molecule has 0 aliphatic carbocycles. The second-order valence-corrected chi connectivity index (χ2v) is 8.83. The van der Waals surface area contributed by atoms with Crippen molar-refractivity contribution in [2.45, 2.75) is 25.2 Å². The highest BCUT2D eigenvalue weighted by atomic mass is 32.2. The molecule has 0 saturated carbocycles. The summed E-state index contributed by atoms with van der Waals surface area (Å²) in [5.74, 6) is 0.206. The average molecular weight is 427 g/mol. The summed E-state index contributed by atoms with van der Waals surface area (Å²) in [7, 11) is -2.42. The number of aryl methyl sites for hydroxylation is 2. The van der Waals surface area contributed by atoms with Gasteiger partial charge in [0.1, 0.15) is 17.1 Å². The molecule has 9 heteroatoms. The van der Waals surface area contributed by atoms with Crippen LogP contribution in [0.25, 0.3) is 0 Å². The zero-order valence-corrected chi connectivity index (χ0v) is 17.6. The summed E-state index contributed by atoms with van der Waals surface area (Å²) in [4.78, 5) is 12.9. The minimum absolute atomic E-state index is 0.0175. The average Bonchev–Trinajstić information content (AvgIpc) is 3.32. The molecule has 30 heavy (non-hydrogen) atoms. The molecule has 0 atom stereocenters. The number of hydrogen-bond acceptors (Lipinski definition) is 6. The van der Waals surface area contributed by atoms with E-state index >= 15 is 0 Å². The number of rotatable bonds is 5. The fraction of sp³-hybridized carbons (Fsp3) is 0.238. The van der Waals surface area contributed by atoms with Crippen LogP contribution in [0.15, 0.2) is 51.9 Å². The number of para-hydroxylation sites is 1. The third-order valence-corrected chi connectivity index (χ3v) is 6.93. The standard InChI is InChI=1S/C21H21N3O5S/c1-13-20(14(2)29-23-13)22-21(25)17-12-16(8-9-19(17)28-3)30(26,27)24-11-10-15-6-4-5-7-18(15)24/h4-9,12H,10-11H2,1-3H3,(H,22,25). The molecule has 0 radical (unpaired) electrons. The van der Waals surface area contributed by atoms with Crippen LogP contribution in [-0.4, -0.2) is 33.1 Å². The Hall–Kier alpha value is -3.33. The van der Waals surface area contributed by atoms with Gasteiger partial charge in [0.15, 0.2) is 5.76 Å². The van der Waals surface area contributed by atoms with Crippen LogP contribution in [0.5, 0.6) is 5.75 Å². The number of ether oxygens (including phenoxy) is 1. The second-order valence-electron chi connectivity index (χ2n) is 6.97. The van der Waals surface area contributed by atoms with Gasteiger partial charge in [0.2, 0.25) is 0 Å². The summed E-state index contributed by atoms with van der Waals surface area (Å²) in [5.41, 5.74) is 2.72. The summed E-state index contributed by atoms with van der Waals surface area (Å²) < 4.78 is 38.4. The number of fused-ring (bicyclic) bond motifs is 1. The SMILES string of the molecule is COc1ccc(S(=O)(=O)N2CCc3ccccc32)cc1C(=O)Nc1c(C)noc1C. The highest BCUT2D eigenvalue weighted by Gasteiger charge is 2.31. The van der Waals surface area contributed by atoms with Crippen molar-refractivity contribution < 1.29 is 22.5 Å². The lowest BCUT2D eigenvalue weighted by Crippen LogP contribution is -2.29. The Labute approximate surface area is 174 Å². The lowest BCUT2D eigenvalue weighted by molar-refractivity contribution is 0.102. The number of anilines is 2. The maximum Gasteiger partial charge on any atom is 0.264 e. The topological polar surface area (TPSA) is 102 Å². The first kappa shape index (κ1) is 20.0. The second kappa shape index (κ2) is 7.49. The molecule has 0 bridgehead atoms. The van der Waals surface area contributed by atoms with Gasteiger partial charge in [-0.2, -0.15) is 0 Å². The molecule has 8 nitrogen and oxygen atoms in total. The van der Waals surface area contributed by atoms with E-state index in [2.05, 4.69) is 10.5 Å². The Bertz CT molecular complexity index is 1210. The fourth-order valence-electron chi connectivity index (χ4n) is 3.55. The lowest BCUT2D eigenvalue weighted by atomic mass is 10.1. The molecule has 1 aromatic heterocycles. The molecule has 0 unspecified atom stereocenters. The summed E-state index contributed by atoms with van der Waals surface area (Å²) in [6, 6.07) is 11.7. The summed E-state index contributed by atoms with van der Waals surface area (Å²) in [6.07, 6.45) is 0.644. The lowest BCUT2D eigenvalue weighted by Gasteiger charge is -2.20. The van der Waals surface area contributed by atoms with Gasteiger partial charge < -0.3 is 14.6 Å².